The van der Waals surface area contributed by atoms with Gasteiger partial charge in [-0.3, -0.25) is 9.97 Å². The summed E-state index contributed by atoms with van der Waals surface area (Å²) in [4.78, 5) is 22.0. The van der Waals surface area contributed by atoms with Crippen LogP contribution >= 0.6 is 23.2 Å². The zero-order valence-electron chi connectivity index (χ0n) is 20.5. The Morgan fingerprint density at radius 2 is 1.13 bits per heavy atom. The summed E-state index contributed by atoms with van der Waals surface area (Å²) in [5.41, 5.74) is 6.16. The summed E-state index contributed by atoms with van der Waals surface area (Å²) in [6.45, 7) is 4.09. The largest absolute Gasteiger partial charge is 0.519 e. The molecule has 2 aliphatic heterocycles. The molecule has 9 heteroatoms. The smallest absolute Gasteiger partial charge is 0.392 e. The van der Waals surface area contributed by atoms with Gasteiger partial charge in [0.1, 0.15) is 12.2 Å². The third-order valence-corrected chi connectivity index (χ3v) is 7.27. The Kier molecular flexibility index (Phi) is 6.53. The van der Waals surface area contributed by atoms with Gasteiger partial charge in [-0.05, 0) is 49.2 Å². The fourth-order valence-corrected chi connectivity index (χ4v) is 5.10. The molecule has 0 fully saturated rings. The number of carbonyl (C=O) groups is 1. The molecule has 6 rings (SSSR count). The van der Waals surface area contributed by atoms with Crippen LogP contribution in [0.4, 0.5) is 4.79 Å². The molecule has 4 heterocycles. The third kappa shape index (κ3) is 4.52. The highest BCUT2D eigenvalue weighted by Crippen LogP contribution is 2.43. The van der Waals surface area contributed by atoms with E-state index in [4.69, 9.17) is 42.1 Å². The van der Waals surface area contributed by atoms with E-state index in [-0.39, 0.29) is 25.4 Å². The van der Waals surface area contributed by atoms with Crippen LogP contribution in [0.1, 0.15) is 57.0 Å². The maximum atomic E-state index is 13.1. The Hall–Kier alpha value is -3.49. The van der Waals surface area contributed by atoms with Gasteiger partial charge in [-0.1, -0.05) is 47.5 Å². The fraction of sp³-hybridized carbons (Fsp3) is 0.207. The van der Waals surface area contributed by atoms with Crippen molar-refractivity contribution in [2.75, 3.05) is 0 Å². The van der Waals surface area contributed by atoms with Crippen LogP contribution in [-0.2, 0) is 22.7 Å². The monoisotopic (exact) mass is 548 g/mol. The zero-order valence-corrected chi connectivity index (χ0v) is 22.0. The topological polar surface area (TPSA) is 79.8 Å². The zero-order chi connectivity index (χ0) is 26.4. The highest BCUT2D eigenvalue weighted by molar-refractivity contribution is 6.30. The van der Waals surface area contributed by atoms with Crippen molar-refractivity contribution in [1.82, 2.24) is 9.97 Å². The second-order valence-corrected chi connectivity index (χ2v) is 10.0. The number of aromatic nitrogens is 2. The van der Waals surface area contributed by atoms with Crippen molar-refractivity contribution in [2.45, 2.75) is 39.3 Å². The Balaban J connectivity index is 1.25. The number of rotatable bonds is 4. The van der Waals surface area contributed by atoms with E-state index in [1.54, 1.807) is 26.2 Å². The van der Waals surface area contributed by atoms with E-state index < -0.39 is 6.16 Å². The van der Waals surface area contributed by atoms with Crippen molar-refractivity contribution in [3.63, 3.8) is 0 Å². The van der Waals surface area contributed by atoms with E-state index in [0.29, 0.717) is 32.9 Å². The van der Waals surface area contributed by atoms with Crippen molar-refractivity contribution < 1.29 is 23.7 Å². The van der Waals surface area contributed by atoms with Gasteiger partial charge < -0.3 is 18.9 Å². The predicted octanol–water partition coefficient (Wildman–Crippen LogP) is 7.22. The maximum absolute atomic E-state index is 13.1. The fourth-order valence-electron chi connectivity index (χ4n) is 4.85. The van der Waals surface area contributed by atoms with Crippen LogP contribution in [0.3, 0.4) is 0 Å². The molecule has 0 saturated heterocycles. The Morgan fingerprint density at radius 3 is 1.53 bits per heavy atom. The van der Waals surface area contributed by atoms with Gasteiger partial charge in [-0.15, -0.1) is 0 Å². The quantitative estimate of drug-likeness (QED) is 0.249. The summed E-state index contributed by atoms with van der Waals surface area (Å²) < 4.78 is 23.5. The standard InChI is InChI=1S/C29H22Cl2N2O5/c1-15-25(23-13-35-27(21(23)11-32-15)17-3-7-19(30)8-4-17)37-29(34)38-26-16(2)33-12-22-24(26)14-36-28(22)18-5-9-20(31)10-6-18/h3-12,27-28H,13-14H2,1-2H3/t27-,28-/m0/s1. The number of hydrogen-bond donors (Lipinski definition) is 0. The first-order chi connectivity index (χ1) is 18.4. The normalized spacial score (nSPS) is 17.7. The Bertz CT molecular complexity index is 1430. The summed E-state index contributed by atoms with van der Waals surface area (Å²) in [6.07, 6.45) is 1.95. The summed E-state index contributed by atoms with van der Waals surface area (Å²) in [5.74, 6) is 0.662. The number of aryl methyl sites for hydroxylation is 2. The van der Waals surface area contributed by atoms with Gasteiger partial charge in [0.2, 0.25) is 0 Å². The molecule has 0 bridgehead atoms. The summed E-state index contributed by atoms with van der Waals surface area (Å²) in [5, 5.41) is 1.28. The SMILES string of the molecule is Cc1ncc2c(c1OC(=O)Oc1c(C)ncc3c1CO[C@H]3c1ccc(Cl)cc1)CO[C@H]2c1ccc(Cl)cc1. The van der Waals surface area contributed by atoms with Crippen LogP contribution in [0.5, 0.6) is 11.5 Å². The van der Waals surface area contributed by atoms with Crippen LogP contribution in [0.2, 0.25) is 10.0 Å². The van der Waals surface area contributed by atoms with E-state index in [0.717, 1.165) is 33.4 Å². The van der Waals surface area contributed by atoms with Crippen molar-refractivity contribution >= 4 is 29.4 Å². The predicted molar refractivity (Wildman–Crippen MR) is 141 cm³/mol. The molecule has 7 nitrogen and oxygen atoms in total. The number of carbonyl (C=O) groups excluding carboxylic acids is 1. The van der Waals surface area contributed by atoms with E-state index in [1.165, 1.54) is 0 Å². The average molecular weight is 549 g/mol. The van der Waals surface area contributed by atoms with Gasteiger partial charge in [0, 0.05) is 44.7 Å². The second-order valence-electron chi connectivity index (χ2n) is 9.15. The summed E-state index contributed by atoms with van der Waals surface area (Å²) in [7, 11) is 0. The molecule has 2 aliphatic rings. The van der Waals surface area contributed by atoms with Crippen LogP contribution in [-0.4, -0.2) is 16.1 Å². The van der Waals surface area contributed by atoms with Crippen molar-refractivity contribution in [3.8, 4) is 11.5 Å². The molecule has 0 radical (unpaired) electrons. The van der Waals surface area contributed by atoms with Crippen molar-refractivity contribution in [1.29, 1.82) is 0 Å². The lowest BCUT2D eigenvalue weighted by Crippen LogP contribution is -2.18. The first-order valence-corrected chi connectivity index (χ1v) is 12.7. The third-order valence-electron chi connectivity index (χ3n) is 6.77. The summed E-state index contributed by atoms with van der Waals surface area (Å²) >= 11 is 12.1. The molecular formula is C29H22Cl2N2O5. The lowest BCUT2D eigenvalue weighted by molar-refractivity contribution is 0.0921. The number of hydrogen-bond acceptors (Lipinski definition) is 7. The molecule has 0 N–H and O–H groups in total. The minimum atomic E-state index is -0.883. The van der Waals surface area contributed by atoms with Crippen LogP contribution in [0.25, 0.3) is 0 Å². The van der Waals surface area contributed by atoms with E-state index in [9.17, 15) is 4.79 Å². The van der Waals surface area contributed by atoms with Crippen LogP contribution in [0, 0.1) is 13.8 Å². The van der Waals surface area contributed by atoms with Crippen LogP contribution < -0.4 is 9.47 Å². The minimum Gasteiger partial charge on any atom is -0.392 e. The molecule has 4 aromatic rings. The van der Waals surface area contributed by atoms with E-state index in [2.05, 4.69) is 9.97 Å². The molecule has 2 aromatic heterocycles. The molecular weight excluding hydrogens is 527 g/mol. The summed E-state index contributed by atoms with van der Waals surface area (Å²) in [6, 6.07) is 14.9. The lowest BCUT2D eigenvalue weighted by atomic mass is 10.0. The van der Waals surface area contributed by atoms with Gasteiger partial charge in [0.25, 0.3) is 0 Å². The Morgan fingerprint density at radius 1 is 0.737 bits per heavy atom. The molecule has 2 aromatic carbocycles. The molecule has 0 spiro atoms. The number of fused-ring (bicyclic) bond motifs is 2. The highest BCUT2D eigenvalue weighted by atomic mass is 35.5. The molecule has 0 amide bonds. The average Bonchev–Trinajstić information content (AvgIpc) is 3.53. The van der Waals surface area contributed by atoms with Crippen LogP contribution in [0.15, 0.2) is 60.9 Å². The van der Waals surface area contributed by atoms with Crippen molar-refractivity contribution in [2.24, 2.45) is 0 Å². The van der Waals surface area contributed by atoms with E-state index in [1.807, 2.05) is 48.5 Å². The van der Waals surface area contributed by atoms with Gasteiger partial charge in [-0.2, -0.15) is 0 Å². The second kappa shape index (κ2) is 10.0. The number of benzene rings is 2. The molecule has 0 saturated carbocycles. The van der Waals surface area contributed by atoms with Gasteiger partial charge in [0.05, 0.1) is 24.6 Å². The molecule has 0 unspecified atom stereocenters. The van der Waals surface area contributed by atoms with E-state index >= 15 is 0 Å². The first-order valence-electron chi connectivity index (χ1n) is 12.0. The Labute approximate surface area is 229 Å². The number of halogens is 2. The molecule has 0 aliphatic carbocycles. The number of ether oxygens (including phenoxy) is 4. The minimum absolute atomic E-state index is 0.270. The lowest BCUT2D eigenvalue weighted by Gasteiger charge is -2.15. The van der Waals surface area contributed by atoms with Crippen molar-refractivity contribution in [3.05, 3.63) is 116 Å². The maximum Gasteiger partial charge on any atom is 0.519 e. The molecule has 192 valence electrons. The van der Waals surface area contributed by atoms with Gasteiger partial charge in [-0.25, -0.2) is 4.79 Å². The van der Waals surface area contributed by atoms with Gasteiger partial charge in [0.15, 0.2) is 11.5 Å². The van der Waals surface area contributed by atoms with Gasteiger partial charge >= 0.3 is 6.16 Å². The number of pyridine rings is 2. The molecule has 2 atom stereocenters. The molecule has 38 heavy (non-hydrogen) atoms. The highest BCUT2D eigenvalue weighted by Gasteiger charge is 2.33. The first kappa shape index (κ1) is 24.8. The number of nitrogens with zero attached hydrogens (tertiary/aromatic N) is 2.